The molecule has 0 bridgehead atoms. The number of rotatable bonds is 6. The number of benzene rings is 2. The topological polar surface area (TPSA) is 45.7 Å². The minimum absolute atomic E-state index is 0.0215. The molecular formula is C22H28FN3O. The highest BCUT2D eigenvalue weighted by Gasteiger charge is 2.34. The maximum Gasteiger partial charge on any atom is 0.191 e. The lowest BCUT2D eigenvalue weighted by Crippen LogP contribution is -2.48. The molecule has 27 heavy (non-hydrogen) atoms. The lowest BCUT2D eigenvalue weighted by Gasteiger charge is -2.38. The number of hydrogen-bond acceptors (Lipinski definition) is 2. The van der Waals surface area contributed by atoms with E-state index in [1.165, 1.54) is 11.6 Å². The Labute approximate surface area is 160 Å². The number of hydrogen-bond donors (Lipinski definition) is 2. The second kappa shape index (κ2) is 9.51. The van der Waals surface area contributed by atoms with Crippen LogP contribution >= 0.6 is 0 Å². The summed E-state index contributed by atoms with van der Waals surface area (Å²) in [7, 11) is 0. The quantitative estimate of drug-likeness (QED) is 0.604. The average Bonchev–Trinajstić information content (AvgIpc) is 2.72. The van der Waals surface area contributed by atoms with E-state index in [0.29, 0.717) is 18.1 Å². The van der Waals surface area contributed by atoms with Gasteiger partial charge in [-0.25, -0.2) is 9.38 Å². The summed E-state index contributed by atoms with van der Waals surface area (Å²) in [4.78, 5) is 4.58. The number of nitrogens with one attached hydrogen (secondary N) is 2. The van der Waals surface area contributed by atoms with Crippen LogP contribution in [0.25, 0.3) is 0 Å². The SMILES string of the molecule is CCNC(=NCc1ccccc1F)NCC1(c2ccccc2)CCOCC1. The summed E-state index contributed by atoms with van der Waals surface area (Å²) in [5, 5.41) is 6.75. The van der Waals surface area contributed by atoms with Gasteiger partial charge in [0.2, 0.25) is 0 Å². The van der Waals surface area contributed by atoms with Gasteiger partial charge in [0.25, 0.3) is 0 Å². The molecule has 1 aliphatic rings. The summed E-state index contributed by atoms with van der Waals surface area (Å²) >= 11 is 0. The molecule has 0 radical (unpaired) electrons. The highest BCUT2D eigenvalue weighted by Crippen LogP contribution is 2.34. The van der Waals surface area contributed by atoms with Crippen molar-refractivity contribution in [2.24, 2.45) is 4.99 Å². The van der Waals surface area contributed by atoms with Crippen molar-refractivity contribution in [2.75, 3.05) is 26.3 Å². The van der Waals surface area contributed by atoms with Gasteiger partial charge < -0.3 is 15.4 Å². The van der Waals surface area contributed by atoms with Crippen LogP contribution in [0.3, 0.4) is 0 Å². The molecule has 2 aromatic rings. The standard InChI is InChI=1S/C22H28FN3O/c1-2-24-21(25-16-18-8-6-7-11-20(18)23)26-17-22(12-14-27-15-13-22)19-9-4-3-5-10-19/h3-11H,2,12-17H2,1H3,(H2,24,25,26). The van der Waals surface area contributed by atoms with Gasteiger partial charge >= 0.3 is 0 Å². The summed E-state index contributed by atoms with van der Waals surface area (Å²) in [6.07, 6.45) is 1.94. The molecule has 0 saturated carbocycles. The van der Waals surface area contributed by atoms with Crippen LogP contribution in [0.5, 0.6) is 0 Å². The molecule has 0 unspecified atom stereocenters. The Kier molecular flexibility index (Phi) is 6.82. The van der Waals surface area contributed by atoms with Crippen LogP contribution in [0.2, 0.25) is 0 Å². The van der Waals surface area contributed by atoms with Crippen molar-refractivity contribution in [1.82, 2.24) is 10.6 Å². The minimum Gasteiger partial charge on any atom is -0.381 e. The summed E-state index contributed by atoms with van der Waals surface area (Å²) in [5.41, 5.74) is 1.94. The fourth-order valence-electron chi connectivity index (χ4n) is 3.51. The highest BCUT2D eigenvalue weighted by molar-refractivity contribution is 5.79. The van der Waals surface area contributed by atoms with E-state index in [4.69, 9.17) is 4.74 Å². The Morgan fingerprint density at radius 1 is 1.04 bits per heavy atom. The zero-order valence-electron chi connectivity index (χ0n) is 15.9. The Morgan fingerprint density at radius 3 is 2.44 bits per heavy atom. The first-order chi connectivity index (χ1) is 13.2. The first kappa shape index (κ1) is 19.4. The second-order valence-electron chi connectivity index (χ2n) is 6.90. The van der Waals surface area contributed by atoms with E-state index in [1.807, 2.05) is 19.1 Å². The minimum atomic E-state index is -0.220. The zero-order valence-corrected chi connectivity index (χ0v) is 15.9. The molecule has 0 atom stereocenters. The van der Waals surface area contributed by atoms with Gasteiger partial charge in [0.05, 0.1) is 6.54 Å². The fraction of sp³-hybridized carbons (Fsp3) is 0.409. The van der Waals surface area contributed by atoms with E-state index in [9.17, 15) is 4.39 Å². The van der Waals surface area contributed by atoms with Crippen molar-refractivity contribution in [3.63, 3.8) is 0 Å². The Hall–Kier alpha value is -2.40. The molecule has 0 amide bonds. The number of aliphatic imine (C=N–C) groups is 1. The van der Waals surface area contributed by atoms with E-state index in [1.54, 1.807) is 12.1 Å². The second-order valence-corrected chi connectivity index (χ2v) is 6.90. The van der Waals surface area contributed by atoms with Gasteiger partial charge in [0.15, 0.2) is 5.96 Å². The number of halogens is 1. The summed E-state index contributed by atoms with van der Waals surface area (Å²) < 4.78 is 19.5. The molecule has 1 aliphatic heterocycles. The zero-order chi connectivity index (χ0) is 19.0. The van der Waals surface area contributed by atoms with Gasteiger partial charge in [0, 0.05) is 37.3 Å². The first-order valence-electron chi connectivity index (χ1n) is 9.62. The normalized spacial score (nSPS) is 16.7. The predicted molar refractivity (Wildman–Crippen MR) is 107 cm³/mol. The first-order valence-corrected chi connectivity index (χ1v) is 9.62. The third-order valence-electron chi connectivity index (χ3n) is 5.14. The van der Waals surface area contributed by atoms with Gasteiger partial charge in [-0.3, -0.25) is 0 Å². The third kappa shape index (κ3) is 5.07. The van der Waals surface area contributed by atoms with Crippen LogP contribution in [0.4, 0.5) is 4.39 Å². The number of nitrogens with zero attached hydrogens (tertiary/aromatic N) is 1. The van der Waals surface area contributed by atoms with Crippen molar-refractivity contribution in [1.29, 1.82) is 0 Å². The average molecular weight is 369 g/mol. The summed E-state index contributed by atoms with van der Waals surface area (Å²) in [5.74, 6) is 0.491. The molecule has 5 heteroatoms. The van der Waals surface area contributed by atoms with Gasteiger partial charge in [-0.05, 0) is 31.4 Å². The van der Waals surface area contributed by atoms with Crippen LogP contribution < -0.4 is 10.6 Å². The molecular weight excluding hydrogens is 341 g/mol. The van der Waals surface area contributed by atoms with Gasteiger partial charge in [0.1, 0.15) is 5.82 Å². The Balaban J connectivity index is 1.73. The Bertz CT molecular complexity index is 742. The van der Waals surface area contributed by atoms with E-state index < -0.39 is 0 Å². The van der Waals surface area contributed by atoms with Crippen molar-refractivity contribution < 1.29 is 9.13 Å². The molecule has 0 spiro atoms. The molecule has 4 nitrogen and oxygen atoms in total. The lowest BCUT2D eigenvalue weighted by atomic mass is 9.74. The maximum atomic E-state index is 13.9. The van der Waals surface area contributed by atoms with Gasteiger partial charge in [-0.15, -0.1) is 0 Å². The van der Waals surface area contributed by atoms with Gasteiger partial charge in [-0.2, -0.15) is 0 Å². The Morgan fingerprint density at radius 2 is 1.74 bits per heavy atom. The molecule has 0 aliphatic carbocycles. The van der Waals surface area contributed by atoms with E-state index >= 15 is 0 Å². The van der Waals surface area contributed by atoms with Crippen LogP contribution in [-0.2, 0) is 16.7 Å². The monoisotopic (exact) mass is 369 g/mol. The molecule has 144 valence electrons. The van der Waals surface area contributed by atoms with Crippen molar-refractivity contribution >= 4 is 5.96 Å². The third-order valence-corrected chi connectivity index (χ3v) is 5.14. The predicted octanol–water partition coefficient (Wildman–Crippen LogP) is 3.63. The van der Waals surface area contributed by atoms with Crippen molar-refractivity contribution in [2.45, 2.75) is 31.7 Å². The molecule has 3 rings (SSSR count). The summed E-state index contributed by atoms with van der Waals surface area (Å²) in [6.45, 7) is 5.39. The van der Waals surface area contributed by atoms with Crippen LogP contribution in [0, 0.1) is 5.82 Å². The van der Waals surface area contributed by atoms with E-state index in [-0.39, 0.29) is 11.2 Å². The van der Waals surface area contributed by atoms with Crippen molar-refractivity contribution in [3.05, 3.63) is 71.5 Å². The van der Waals surface area contributed by atoms with Crippen molar-refractivity contribution in [3.8, 4) is 0 Å². The molecule has 2 N–H and O–H groups in total. The van der Waals surface area contributed by atoms with E-state index in [2.05, 4.69) is 39.9 Å². The fourth-order valence-corrected chi connectivity index (χ4v) is 3.51. The lowest BCUT2D eigenvalue weighted by molar-refractivity contribution is 0.0514. The molecule has 2 aromatic carbocycles. The smallest absolute Gasteiger partial charge is 0.191 e. The molecule has 1 fully saturated rings. The van der Waals surface area contributed by atoms with Crippen LogP contribution in [-0.4, -0.2) is 32.3 Å². The number of ether oxygens (including phenoxy) is 1. The highest BCUT2D eigenvalue weighted by atomic mass is 19.1. The number of guanidine groups is 1. The molecule has 0 aromatic heterocycles. The molecule has 1 heterocycles. The van der Waals surface area contributed by atoms with Crippen LogP contribution in [0.15, 0.2) is 59.6 Å². The summed E-state index contributed by atoms with van der Waals surface area (Å²) in [6, 6.07) is 17.4. The van der Waals surface area contributed by atoms with Crippen LogP contribution in [0.1, 0.15) is 30.9 Å². The van der Waals surface area contributed by atoms with E-state index in [0.717, 1.165) is 39.1 Å². The maximum absolute atomic E-state index is 13.9. The molecule has 1 saturated heterocycles. The van der Waals surface area contributed by atoms with Gasteiger partial charge in [-0.1, -0.05) is 48.5 Å². The largest absolute Gasteiger partial charge is 0.381 e.